The predicted molar refractivity (Wildman–Crippen MR) is 164 cm³/mol. The summed E-state index contributed by atoms with van der Waals surface area (Å²) in [6.07, 6.45) is -10.3. The largest absolute Gasteiger partial charge is 0.479 e. The molecule has 2 atom stereocenters. The van der Waals surface area contributed by atoms with Crippen LogP contribution in [0.15, 0.2) is 86.0 Å². The van der Waals surface area contributed by atoms with Crippen LogP contribution in [0.4, 0.5) is 31.1 Å². The molecule has 2 amide bonds. The minimum atomic E-state index is -5.04. The number of ether oxygens (including phenoxy) is 3. The number of hydrogen-bond acceptors (Lipinski definition) is 6. The van der Waals surface area contributed by atoms with Gasteiger partial charge in [0.1, 0.15) is 5.60 Å². The molecule has 0 saturated carbocycles. The summed E-state index contributed by atoms with van der Waals surface area (Å²) in [4.78, 5) is 35.2. The number of alkyl halides is 6. The number of carboxylic acids is 1. The second-order valence-electron chi connectivity index (χ2n) is 11.2. The van der Waals surface area contributed by atoms with Gasteiger partial charge < -0.3 is 19.3 Å². The molecule has 0 fully saturated rings. The molecule has 0 saturated heterocycles. The van der Waals surface area contributed by atoms with Gasteiger partial charge in [0, 0.05) is 0 Å². The first-order chi connectivity index (χ1) is 22.2. The molecule has 0 bridgehead atoms. The quantitative estimate of drug-likeness (QED) is 0.106. The number of benzene rings is 2. The molecule has 266 valence electrons. The molecule has 9 nitrogen and oxygen atoms in total. The average molecular weight is 691 g/mol. The number of carbonyl (C=O) groups is 3. The number of aliphatic carboxylic acids is 1. The van der Waals surface area contributed by atoms with Crippen molar-refractivity contribution < 1.29 is 60.0 Å². The lowest BCUT2D eigenvalue weighted by Gasteiger charge is -2.34. The summed E-state index contributed by atoms with van der Waals surface area (Å²) in [5.41, 5.74) is -2.76. The van der Waals surface area contributed by atoms with Gasteiger partial charge in [-0.05, 0) is 57.6 Å². The van der Waals surface area contributed by atoms with Crippen LogP contribution >= 0.6 is 0 Å². The van der Waals surface area contributed by atoms with Crippen molar-refractivity contribution >= 4 is 18.0 Å². The molecule has 15 heteroatoms. The molecular formula is C33H40F6N2O7. The molecule has 2 rings (SSSR count). The lowest BCUT2D eigenvalue weighted by atomic mass is 9.95. The van der Waals surface area contributed by atoms with Gasteiger partial charge in [-0.1, -0.05) is 72.8 Å². The molecule has 0 spiro atoms. The zero-order valence-electron chi connectivity index (χ0n) is 26.7. The summed E-state index contributed by atoms with van der Waals surface area (Å²) in [7, 11) is 0. The van der Waals surface area contributed by atoms with Crippen LogP contribution in [0.2, 0.25) is 0 Å². The second-order valence-corrected chi connectivity index (χ2v) is 11.2. The highest BCUT2D eigenvalue weighted by atomic mass is 19.4. The summed E-state index contributed by atoms with van der Waals surface area (Å²) in [5, 5.41) is 8.98. The van der Waals surface area contributed by atoms with Crippen LogP contribution in [-0.2, 0) is 37.0 Å². The first-order valence-electron chi connectivity index (χ1n) is 14.5. The molecule has 0 radical (unpaired) electrons. The minimum absolute atomic E-state index is 0.111. The van der Waals surface area contributed by atoms with E-state index < -0.39 is 73.2 Å². The Kier molecular flexibility index (Phi) is 15.8. The van der Waals surface area contributed by atoms with Gasteiger partial charge in [-0.2, -0.15) is 26.3 Å². The number of halogens is 6. The van der Waals surface area contributed by atoms with E-state index in [1.165, 1.54) is 12.2 Å². The molecule has 0 aliphatic carbocycles. The van der Waals surface area contributed by atoms with Gasteiger partial charge in [-0.3, -0.25) is 10.2 Å². The summed E-state index contributed by atoms with van der Waals surface area (Å²) >= 11 is 0. The van der Waals surface area contributed by atoms with E-state index in [4.69, 9.17) is 19.3 Å². The summed E-state index contributed by atoms with van der Waals surface area (Å²) in [6.45, 7) is 10.5. The van der Waals surface area contributed by atoms with Crippen molar-refractivity contribution in [3.8, 4) is 0 Å². The van der Waals surface area contributed by atoms with E-state index in [1.807, 2.05) is 5.43 Å². The Hall–Kier alpha value is -4.37. The van der Waals surface area contributed by atoms with Gasteiger partial charge in [-0.15, -0.1) is 13.2 Å². The van der Waals surface area contributed by atoms with Crippen molar-refractivity contribution in [2.24, 2.45) is 0 Å². The minimum Gasteiger partial charge on any atom is -0.479 e. The van der Waals surface area contributed by atoms with Crippen LogP contribution in [0.5, 0.6) is 0 Å². The highest BCUT2D eigenvalue weighted by Crippen LogP contribution is 2.40. The highest BCUT2D eigenvalue weighted by molar-refractivity contribution is 5.87. The molecule has 3 N–H and O–H groups in total. The van der Waals surface area contributed by atoms with Gasteiger partial charge in [0.15, 0.2) is 0 Å². The summed E-state index contributed by atoms with van der Waals surface area (Å²) < 4.78 is 95.8. The third-order valence-electron chi connectivity index (χ3n) is 6.36. The topological polar surface area (TPSA) is 123 Å². The van der Waals surface area contributed by atoms with E-state index in [1.54, 1.807) is 86.9 Å². The van der Waals surface area contributed by atoms with Crippen LogP contribution < -0.4 is 10.9 Å². The van der Waals surface area contributed by atoms with Crippen LogP contribution in [-0.4, -0.2) is 52.2 Å². The molecule has 2 aromatic rings. The molecule has 0 unspecified atom stereocenters. The van der Waals surface area contributed by atoms with Gasteiger partial charge in [0.25, 0.3) is 11.5 Å². The number of rotatable bonds is 14. The van der Waals surface area contributed by atoms with Gasteiger partial charge >= 0.3 is 24.4 Å². The Bertz CT molecular complexity index is 1330. The van der Waals surface area contributed by atoms with E-state index in [-0.39, 0.29) is 12.8 Å². The maximum Gasteiger partial charge on any atom is 0.428 e. The van der Waals surface area contributed by atoms with E-state index in [9.17, 15) is 40.7 Å². The lowest BCUT2D eigenvalue weighted by molar-refractivity contribution is -0.280. The maximum atomic E-state index is 13.9. The zero-order valence-corrected chi connectivity index (χ0v) is 26.7. The number of allylic oxidation sites excluding steroid dienone is 2. The molecule has 0 aliphatic rings. The number of carbonyl (C=O) groups excluding carboxylic acids is 2. The van der Waals surface area contributed by atoms with E-state index in [0.717, 1.165) is 0 Å². The number of nitrogens with one attached hydrogen (secondary N) is 2. The van der Waals surface area contributed by atoms with Crippen LogP contribution in [0.25, 0.3) is 0 Å². The van der Waals surface area contributed by atoms with Gasteiger partial charge in [-0.25, -0.2) is 15.0 Å². The zero-order chi connectivity index (χ0) is 36.7. The number of carboxylic acid groups (broad SMARTS) is 1. The average Bonchev–Trinajstić information content (AvgIpc) is 2.99. The SMILES string of the molecule is C=CCC[C@@](OCc1ccccc1)(C(=O)NNC(=O)OC(C)(C)C)C(F)(F)F.C=CCC[C@@](OCc1ccccc1)(C(=O)O)C(F)(F)F. The van der Waals surface area contributed by atoms with Crippen molar-refractivity contribution in [2.45, 2.75) is 88.8 Å². The number of hydrazine groups is 1. The molecule has 0 heterocycles. The van der Waals surface area contributed by atoms with E-state index in [0.29, 0.717) is 11.1 Å². The van der Waals surface area contributed by atoms with Crippen LogP contribution in [0, 0.1) is 0 Å². The first-order valence-corrected chi connectivity index (χ1v) is 14.5. The lowest BCUT2D eigenvalue weighted by Crippen LogP contribution is -2.62. The Morgan fingerprint density at radius 3 is 1.46 bits per heavy atom. The van der Waals surface area contributed by atoms with Crippen molar-refractivity contribution in [3.63, 3.8) is 0 Å². The van der Waals surface area contributed by atoms with E-state index >= 15 is 0 Å². The van der Waals surface area contributed by atoms with Gasteiger partial charge in [0.05, 0.1) is 13.2 Å². The fourth-order valence-corrected chi connectivity index (χ4v) is 3.87. The Balaban J connectivity index is 0.000000507. The monoisotopic (exact) mass is 690 g/mol. The molecular weight excluding hydrogens is 650 g/mol. The molecule has 48 heavy (non-hydrogen) atoms. The summed E-state index contributed by atoms with van der Waals surface area (Å²) in [5.74, 6) is -3.59. The third-order valence-corrected chi connectivity index (χ3v) is 6.36. The maximum absolute atomic E-state index is 13.9. The molecule has 2 aromatic carbocycles. The molecule has 0 aliphatic heterocycles. The fraction of sp³-hybridized carbons (Fsp3) is 0.424. The second kappa shape index (κ2) is 18.2. The Morgan fingerprint density at radius 2 is 1.10 bits per heavy atom. The fourth-order valence-electron chi connectivity index (χ4n) is 3.87. The normalized spacial score (nSPS) is 14.2. The number of amides is 2. The van der Waals surface area contributed by atoms with Crippen molar-refractivity contribution in [2.75, 3.05) is 0 Å². The predicted octanol–water partition coefficient (Wildman–Crippen LogP) is 7.58. The van der Waals surface area contributed by atoms with Crippen molar-refractivity contribution in [1.82, 2.24) is 10.9 Å². The number of hydrogen-bond donors (Lipinski definition) is 3. The van der Waals surface area contributed by atoms with Crippen LogP contribution in [0.1, 0.15) is 57.6 Å². The van der Waals surface area contributed by atoms with Gasteiger partial charge in [0.2, 0.25) is 5.60 Å². The Morgan fingerprint density at radius 1 is 0.708 bits per heavy atom. The third kappa shape index (κ3) is 12.7. The smallest absolute Gasteiger partial charge is 0.428 e. The van der Waals surface area contributed by atoms with Crippen molar-refractivity contribution in [1.29, 1.82) is 0 Å². The molecule has 0 aromatic heterocycles. The van der Waals surface area contributed by atoms with Crippen molar-refractivity contribution in [3.05, 3.63) is 97.1 Å². The first kappa shape index (κ1) is 41.7. The van der Waals surface area contributed by atoms with E-state index in [2.05, 4.69) is 13.2 Å². The standard InChI is InChI=1S/C19H25F3N2O4.C14H15F3O3/c1-5-6-12-18(19(20,21)22,27-13-14-10-8-7-9-11-14)15(25)23-24-16(26)28-17(2,3)4;1-2-3-9-13(12(18)19,14(15,16)17)20-10-11-7-5-4-6-8-11/h5,7-11H,1,6,12-13H2,2-4H3,(H,23,25)(H,24,26);2,4-8H,1,3,9-10H2,(H,18,19)/t18-;13-/m11/s1. The van der Waals surface area contributed by atoms with Crippen LogP contribution in [0.3, 0.4) is 0 Å². The summed E-state index contributed by atoms with van der Waals surface area (Å²) in [6, 6.07) is 16.2. The highest BCUT2D eigenvalue weighted by Gasteiger charge is 2.62. The Labute approximate surface area is 274 Å².